The molecule has 0 unspecified atom stereocenters. The lowest BCUT2D eigenvalue weighted by Crippen LogP contribution is -2.55. The molecule has 4 heterocycles. The SMILES string of the molecule is CC1=CC(C)(C)N2CCCc3c2c1cc1c3C(C)(C)c2c3c4c(cc2=C1c1cc(C)ccc1C)C(C)=CC(C)(C)[N+]=4CCC3. The molecule has 0 radical (unpaired) electrons. The van der Waals surface area contributed by atoms with Crippen molar-refractivity contribution in [1.29, 1.82) is 0 Å². The van der Waals surface area contributed by atoms with Gasteiger partial charge in [-0.1, -0.05) is 43.7 Å². The molecule has 0 amide bonds. The number of aryl methyl sites for hydroxylation is 2. The number of fused-ring (bicyclic) bond motifs is 4. The van der Waals surface area contributed by atoms with Crippen molar-refractivity contribution in [3.8, 4) is 0 Å². The molecule has 0 bridgehead atoms. The van der Waals surface area contributed by atoms with E-state index in [1.807, 2.05) is 0 Å². The molecule has 8 rings (SSSR count). The molecule has 0 fully saturated rings. The van der Waals surface area contributed by atoms with Gasteiger partial charge in [0, 0.05) is 54.6 Å². The first-order valence-electron chi connectivity index (χ1n) is 17.0. The number of rotatable bonds is 1. The molecule has 0 atom stereocenters. The zero-order valence-corrected chi connectivity index (χ0v) is 28.7. The highest BCUT2D eigenvalue weighted by Crippen LogP contribution is 2.52. The molecular weight excluding hydrogens is 532 g/mol. The fraction of sp³-hybridized carbons (Fsp3) is 0.452. The van der Waals surface area contributed by atoms with Gasteiger partial charge in [-0.2, -0.15) is 0 Å². The summed E-state index contributed by atoms with van der Waals surface area (Å²) in [5, 5.41) is 2.99. The van der Waals surface area contributed by atoms with Gasteiger partial charge in [0.05, 0.1) is 5.54 Å². The van der Waals surface area contributed by atoms with E-state index in [1.165, 1.54) is 79.2 Å². The lowest BCUT2D eigenvalue weighted by molar-refractivity contribution is 0.367. The maximum absolute atomic E-state index is 2.73. The first-order valence-corrected chi connectivity index (χ1v) is 17.0. The largest absolute Gasteiger partial charge is 0.362 e. The molecule has 226 valence electrons. The van der Waals surface area contributed by atoms with E-state index in [1.54, 1.807) is 22.3 Å². The van der Waals surface area contributed by atoms with Gasteiger partial charge in [-0.25, -0.2) is 4.58 Å². The van der Waals surface area contributed by atoms with Gasteiger partial charge in [0.25, 0.3) is 0 Å². The predicted molar refractivity (Wildman–Crippen MR) is 187 cm³/mol. The van der Waals surface area contributed by atoms with Gasteiger partial charge in [0.2, 0.25) is 5.36 Å². The molecule has 3 aromatic carbocycles. The van der Waals surface area contributed by atoms with Gasteiger partial charge in [-0.3, -0.25) is 0 Å². The van der Waals surface area contributed by atoms with Crippen LogP contribution in [0.4, 0.5) is 5.69 Å². The maximum Gasteiger partial charge on any atom is 0.211 e. The van der Waals surface area contributed by atoms with Crippen LogP contribution in [0.1, 0.15) is 124 Å². The van der Waals surface area contributed by atoms with E-state index >= 15 is 0 Å². The first-order chi connectivity index (χ1) is 20.7. The van der Waals surface area contributed by atoms with E-state index in [0.29, 0.717) is 0 Å². The van der Waals surface area contributed by atoms with E-state index in [2.05, 4.69) is 121 Å². The Bertz CT molecular complexity index is 2020. The minimum absolute atomic E-state index is 0.0257. The summed E-state index contributed by atoms with van der Waals surface area (Å²) < 4.78 is 2.73. The molecular formula is C42H49N2+. The number of allylic oxidation sites excluding steroid dienone is 2. The highest BCUT2D eigenvalue weighted by molar-refractivity contribution is 5.94. The van der Waals surface area contributed by atoms with Crippen molar-refractivity contribution in [3.63, 3.8) is 0 Å². The van der Waals surface area contributed by atoms with E-state index in [9.17, 15) is 0 Å². The average molecular weight is 582 g/mol. The molecule has 0 spiro atoms. The van der Waals surface area contributed by atoms with Crippen LogP contribution < -0.4 is 20.1 Å². The van der Waals surface area contributed by atoms with Crippen LogP contribution in [-0.2, 0) is 18.3 Å². The molecule has 3 aromatic rings. The van der Waals surface area contributed by atoms with Crippen LogP contribution in [0.2, 0.25) is 0 Å². The summed E-state index contributed by atoms with van der Waals surface area (Å²) in [7, 11) is 0. The Morgan fingerprint density at radius 3 is 2.20 bits per heavy atom. The number of benzene rings is 3. The van der Waals surface area contributed by atoms with Crippen LogP contribution >= 0.6 is 0 Å². The third-order valence-corrected chi connectivity index (χ3v) is 11.8. The first kappa shape index (κ1) is 28.1. The Hall–Kier alpha value is -3.39. The van der Waals surface area contributed by atoms with Gasteiger partial charge in [0.15, 0.2) is 5.54 Å². The minimum atomic E-state index is -0.106. The Balaban J connectivity index is 1.63. The maximum atomic E-state index is 2.73. The minimum Gasteiger partial charge on any atom is -0.362 e. The summed E-state index contributed by atoms with van der Waals surface area (Å²) in [6.45, 7) is 26.3. The van der Waals surface area contributed by atoms with Crippen molar-refractivity contribution in [2.75, 3.05) is 18.0 Å². The number of hydrogen-bond donors (Lipinski definition) is 0. The summed E-state index contributed by atoms with van der Waals surface area (Å²) in [6, 6.07) is 12.3. The normalized spacial score (nSPS) is 21.5. The average Bonchev–Trinajstić information content (AvgIpc) is 2.95. The quantitative estimate of drug-likeness (QED) is 0.266. The van der Waals surface area contributed by atoms with Gasteiger partial charge in [-0.05, 0) is 134 Å². The fourth-order valence-corrected chi connectivity index (χ4v) is 10.1. The second-order valence-corrected chi connectivity index (χ2v) is 16.1. The molecule has 0 saturated heterocycles. The molecule has 44 heavy (non-hydrogen) atoms. The number of nitrogens with zero attached hydrogens (tertiary/aromatic N) is 2. The molecule has 0 aromatic heterocycles. The molecule has 2 heteroatoms. The highest BCUT2D eigenvalue weighted by Gasteiger charge is 2.46. The van der Waals surface area contributed by atoms with Crippen LogP contribution in [0, 0.1) is 13.8 Å². The van der Waals surface area contributed by atoms with E-state index < -0.39 is 0 Å². The summed E-state index contributed by atoms with van der Waals surface area (Å²) in [5.41, 5.74) is 20.6. The van der Waals surface area contributed by atoms with Gasteiger partial charge in [0.1, 0.15) is 6.54 Å². The van der Waals surface area contributed by atoms with Crippen LogP contribution in [0.25, 0.3) is 16.7 Å². The van der Waals surface area contributed by atoms with Crippen LogP contribution in [0.5, 0.6) is 0 Å². The Kier molecular flexibility index (Phi) is 5.66. The Labute approximate surface area is 264 Å². The second kappa shape index (κ2) is 8.87. The van der Waals surface area contributed by atoms with Gasteiger partial charge >= 0.3 is 0 Å². The molecule has 0 N–H and O–H groups in total. The lowest BCUT2D eigenvalue weighted by Gasteiger charge is -2.49. The standard InChI is InChI=1S/C42H49N2/c1-24-15-16-25(2)30(19-24)35-33-20-31-26(3)22-40(5,6)43-17-11-13-28(38(31)43)36(33)42(9,10)37-29-14-12-18-44-39(29)32(21-34(35)37)27(4)23-41(44,7)8/h15-16,19-23H,11-14,17-18H2,1-10H3/q+1. The van der Waals surface area contributed by atoms with E-state index in [-0.39, 0.29) is 16.5 Å². The third-order valence-electron chi connectivity index (χ3n) is 11.8. The fourth-order valence-electron chi connectivity index (χ4n) is 10.1. The summed E-state index contributed by atoms with van der Waals surface area (Å²) >= 11 is 0. The zero-order chi connectivity index (χ0) is 31.1. The molecule has 4 aliphatic heterocycles. The molecule has 2 nitrogen and oxygen atoms in total. The van der Waals surface area contributed by atoms with Crippen molar-refractivity contribution in [1.82, 2.24) is 4.58 Å². The van der Waals surface area contributed by atoms with Crippen molar-refractivity contribution < 1.29 is 0 Å². The van der Waals surface area contributed by atoms with Gasteiger partial charge in [-0.15, -0.1) is 0 Å². The topological polar surface area (TPSA) is 6.25 Å². The molecule has 0 saturated carbocycles. The van der Waals surface area contributed by atoms with Gasteiger partial charge < -0.3 is 4.90 Å². The number of anilines is 1. The summed E-state index contributed by atoms with van der Waals surface area (Å²) in [4.78, 5) is 2.73. The molecule has 5 aliphatic rings. The van der Waals surface area contributed by atoms with Crippen molar-refractivity contribution in [2.45, 2.75) is 111 Å². The van der Waals surface area contributed by atoms with Crippen LogP contribution in [-0.4, -0.2) is 24.2 Å². The second-order valence-electron chi connectivity index (χ2n) is 16.1. The molecule has 1 aliphatic carbocycles. The predicted octanol–water partition coefficient (Wildman–Crippen LogP) is 7.77. The zero-order valence-electron chi connectivity index (χ0n) is 28.7. The van der Waals surface area contributed by atoms with Crippen LogP contribution in [0.3, 0.4) is 0 Å². The van der Waals surface area contributed by atoms with Crippen molar-refractivity contribution in [3.05, 3.63) is 109 Å². The van der Waals surface area contributed by atoms with Crippen molar-refractivity contribution in [2.24, 2.45) is 0 Å². The monoisotopic (exact) mass is 581 g/mol. The summed E-state index contributed by atoms with van der Waals surface area (Å²) in [5.74, 6) is 0. The summed E-state index contributed by atoms with van der Waals surface area (Å²) in [6.07, 6.45) is 9.77. The smallest absolute Gasteiger partial charge is 0.211 e. The van der Waals surface area contributed by atoms with Crippen molar-refractivity contribution >= 4 is 22.4 Å². The number of hydrogen-bond acceptors (Lipinski definition) is 1. The van der Waals surface area contributed by atoms with E-state index in [0.717, 1.165) is 25.9 Å². The highest BCUT2D eigenvalue weighted by atomic mass is 15.2. The van der Waals surface area contributed by atoms with Crippen LogP contribution in [0.15, 0.2) is 42.5 Å². The van der Waals surface area contributed by atoms with E-state index in [4.69, 9.17) is 0 Å². The lowest BCUT2D eigenvalue weighted by atomic mass is 9.62. The third kappa shape index (κ3) is 3.57. The Morgan fingerprint density at radius 2 is 1.43 bits per heavy atom. The Morgan fingerprint density at radius 1 is 0.705 bits per heavy atom.